The van der Waals surface area contributed by atoms with Crippen molar-refractivity contribution in [1.82, 2.24) is 0 Å². The highest BCUT2D eigenvalue weighted by Crippen LogP contribution is 2.12. The van der Waals surface area contributed by atoms with Crippen LogP contribution >= 0.6 is 0 Å². The first-order valence-corrected chi connectivity index (χ1v) is 7.68. The molecule has 0 bridgehead atoms. The molecule has 4 heteroatoms. The van der Waals surface area contributed by atoms with Gasteiger partial charge in [0.2, 0.25) is 0 Å². The van der Waals surface area contributed by atoms with E-state index >= 15 is 0 Å². The molecule has 0 saturated heterocycles. The molecule has 0 aliphatic heterocycles. The van der Waals surface area contributed by atoms with Crippen LogP contribution in [0.1, 0.15) is 58.3 Å². The molecule has 0 radical (unpaired) electrons. The van der Waals surface area contributed by atoms with Crippen molar-refractivity contribution in [2.45, 2.75) is 58.3 Å². The number of unbranched alkanes of at least 4 members (excludes halogenated alkanes) is 5. The summed E-state index contributed by atoms with van der Waals surface area (Å²) in [7, 11) is 0. The van der Waals surface area contributed by atoms with Crippen LogP contribution in [0.5, 0.6) is 0 Å². The normalized spacial score (nSPS) is 11.8. The Bertz CT molecular complexity index is 254. The molecule has 0 aromatic heterocycles. The fourth-order valence-electron chi connectivity index (χ4n) is 1.67. The SMILES string of the molecule is CCCCCCCCC(C=S=O)CC=S=O. The molecule has 0 amide bonds. The molecular weight excluding hydrogens is 240 g/mol. The Kier molecular flexibility index (Phi) is 12.7. The molecule has 2 nitrogen and oxygen atoms in total. The van der Waals surface area contributed by atoms with Crippen molar-refractivity contribution >= 4 is 33.2 Å². The Morgan fingerprint density at radius 3 is 2.31 bits per heavy atom. The third-order valence-corrected chi connectivity index (χ3v) is 3.47. The summed E-state index contributed by atoms with van der Waals surface area (Å²) in [5.74, 6) is 0.287. The summed E-state index contributed by atoms with van der Waals surface area (Å²) in [5, 5.41) is 3.37. The van der Waals surface area contributed by atoms with E-state index in [0.717, 1.165) is 12.8 Å². The van der Waals surface area contributed by atoms with Crippen LogP contribution in [-0.2, 0) is 22.5 Å². The zero-order valence-electron chi connectivity index (χ0n) is 10.0. The van der Waals surface area contributed by atoms with E-state index in [9.17, 15) is 8.42 Å². The van der Waals surface area contributed by atoms with Crippen LogP contribution in [0.4, 0.5) is 0 Å². The molecule has 94 valence electrons. The standard InChI is InChI=1S/C12H22O2S2/c1-2-3-4-5-6-7-8-12(11-16-14)9-10-15-13/h10-12H,2-9H2,1H3. The molecule has 0 heterocycles. The molecule has 16 heavy (non-hydrogen) atoms. The van der Waals surface area contributed by atoms with Gasteiger partial charge in [-0.3, -0.25) is 0 Å². The van der Waals surface area contributed by atoms with Gasteiger partial charge in [-0.1, -0.05) is 45.4 Å². The zero-order chi connectivity index (χ0) is 12.1. The fourth-order valence-corrected chi connectivity index (χ4v) is 2.40. The largest absolute Gasteiger partial charge is 0.213 e. The van der Waals surface area contributed by atoms with Gasteiger partial charge in [0.15, 0.2) is 0 Å². The van der Waals surface area contributed by atoms with Crippen molar-refractivity contribution in [1.29, 1.82) is 0 Å². The number of hydrogen-bond donors (Lipinski definition) is 0. The predicted molar refractivity (Wildman–Crippen MR) is 74.5 cm³/mol. The summed E-state index contributed by atoms with van der Waals surface area (Å²) in [4.78, 5) is 0. The Labute approximate surface area is 106 Å². The molecule has 0 fully saturated rings. The van der Waals surface area contributed by atoms with Gasteiger partial charge in [-0.2, -0.15) is 0 Å². The fraction of sp³-hybridized carbons (Fsp3) is 0.833. The van der Waals surface area contributed by atoms with Crippen LogP contribution in [0.2, 0.25) is 0 Å². The topological polar surface area (TPSA) is 34.1 Å². The van der Waals surface area contributed by atoms with Crippen LogP contribution < -0.4 is 0 Å². The minimum atomic E-state index is 0.287. The van der Waals surface area contributed by atoms with Gasteiger partial charge in [0, 0.05) is 10.7 Å². The Balaban J connectivity index is 3.59. The molecule has 1 unspecified atom stereocenters. The van der Waals surface area contributed by atoms with Crippen molar-refractivity contribution in [3.63, 3.8) is 0 Å². The van der Waals surface area contributed by atoms with Gasteiger partial charge in [-0.15, -0.1) is 0 Å². The maximum atomic E-state index is 10.4. The van der Waals surface area contributed by atoms with E-state index in [0.29, 0.717) is 22.5 Å². The third-order valence-electron chi connectivity index (χ3n) is 2.64. The lowest BCUT2D eigenvalue weighted by Gasteiger charge is -2.07. The lowest BCUT2D eigenvalue weighted by Crippen LogP contribution is -2.02. The van der Waals surface area contributed by atoms with E-state index < -0.39 is 0 Å². The van der Waals surface area contributed by atoms with E-state index in [2.05, 4.69) is 6.92 Å². The van der Waals surface area contributed by atoms with Gasteiger partial charge in [0.1, 0.15) is 0 Å². The van der Waals surface area contributed by atoms with E-state index in [1.807, 2.05) is 0 Å². The monoisotopic (exact) mass is 262 g/mol. The summed E-state index contributed by atoms with van der Waals surface area (Å²) >= 11 is 1.03. The number of rotatable bonds is 10. The molecule has 1 atom stereocenters. The molecule has 0 rings (SSSR count). The zero-order valence-corrected chi connectivity index (χ0v) is 11.7. The summed E-state index contributed by atoms with van der Waals surface area (Å²) in [6.45, 7) is 2.22. The Morgan fingerprint density at radius 2 is 1.69 bits per heavy atom. The van der Waals surface area contributed by atoms with Crippen molar-refractivity contribution in [2.24, 2.45) is 5.92 Å². The lowest BCUT2D eigenvalue weighted by molar-refractivity contribution is 0.552. The first kappa shape index (κ1) is 15.8. The van der Waals surface area contributed by atoms with Crippen LogP contribution in [0.25, 0.3) is 0 Å². The van der Waals surface area contributed by atoms with Crippen LogP contribution in [0.3, 0.4) is 0 Å². The molecule has 0 aliphatic rings. The van der Waals surface area contributed by atoms with E-state index in [4.69, 9.17) is 0 Å². The lowest BCUT2D eigenvalue weighted by atomic mass is 10.00. The molecule has 0 N–H and O–H groups in total. The third kappa shape index (κ3) is 10.3. The smallest absolute Gasteiger partial charge is 0.0844 e. The second-order valence-corrected chi connectivity index (χ2v) is 5.04. The van der Waals surface area contributed by atoms with Crippen molar-refractivity contribution < 1.29 is 8.42 Å². The van der Waals surface area contributed by atoms with Crippen LogP contribution in [0, 0.1) is 5.92 Å². The van der Waals surface area contributed by atoms with Gasteiger partial charge in [0.05, 0.1) is 22.5 Å². The summed E-state index contributed by atoms with van der Waals surface area (Å²) in [6.07, 6.45) is 9.41. The summed E-state index contributed by atoms with van der Waals surface area (Å²) in [5.41, 5.74) is 0. The van der Waals surface area contributed by atoms with Crippen molar-refractivity contribution in [2.75, 3.05) is 0 Å². The van der Waals surface area contributed by atoms with Gasteiger partial charge in [-0.25, -0.2) is 8.42 Å². The molecule has 0 aliphatic carbocycles. The van der Waals surface area contributed by atoms with E-state index in [-0.39, 0.29) is 5.92 Å². The maximum absolute atomic E-state index is 10.4. The van der Waals surface area contributed by atoms with E-state index in [1.165, 1.54) is 38.5 Å². The average Bonchev–Trinajstić information content (AvgIpc) is 2.30. The second kappa shape index (κ2) is 12.8. The highest BCUT2D eigenvalue weighted by atomic mass is 32.1. The average molecular weight is 262 g/mol. The van der Waals surface area contributed by atoms with Gasteiger partial charge < -0.3 is 0 Å². The maximum Gasteiger partial charge on any atom is 0.0844 e. The summed E-state index contributed by atoms with van der Waals surface area (Å²) in [6, 6.07) is 0. The molecule has 0 spiro atoms. The highest BCUT2D eigenvalue weighted by Gasteiger charge is 2.03. The minimum Gasteiger partial charge on any atom is -0.213 e. The predicted octanol–water partition coefficient (Wildman–Crippen LogP) is 2.77. The van der Waals surface area contributed by atoms with Crippen molar-refractivity contribution in [3.05, 3.63) is 0 Å². The van der Waals surface area contributed by atoms with Gasteiger partial charge in [0.25, 0.3) is 0 Å². The Hall–Kier alpha value is -0.220. The first-order valence-electron chi connectivity index (χ1n) is 6.07. The second-order valence-electron chi connectivity index (χ2n) is 4.05. The number of hydrogen-bond acceptors (Lipinski definition) is 2. The highest BCUT2D eigenvalue weighted by molar-refractivity contribution is 7.65. The van der Waals surface area contributed by atoms with Crippen LogP contribution in [0.15, 0.2) is 0 Å². The van der Waals surface area contributed by atoms with Crippen molar-refractivity contribution in [3.8, 4) is 0 Å². The summed E-state index contributed by atoms with van der Waals surface area (Å²) < 4.78 is 20.7. The van der Waals surface area contributed by atoms with Crippen LogP contribution in [-0.4, -0.2) is 19.2 Å². The molecule has 0 aromatic carbocycles. The van der Waals surface area contributed by atoms with Gasteiger partial charge in [-0.05, 0) is 18.8 Å². The molecule has 0 aromatic rings. The van der Waals surface area contributed by atoms with Gasteiger partial charge >= 0.3 is 0 Å². The minimum absolute atomic E-state index is 0.287. The van der Waals surface area contributed by atoms with E-state index in [1.54, 1.807) is 10.7 Å². The Morgan fingerprint density at radius 1 is 1.00 bits per heavy atom. The quantitative estimate of drug-likeness (QED) is 0.448. The molecule has 0 saturated carbocycles. The first-order chi connectivity index (χ1) is 7.85. The molecular formula is C12H22O2S2.